The molecule has 9 heteroatoms. The van der Waals surface area contributed by atoms with Gasteiger partial charge in [-0.1, -0.05) is 0 Å². The lowest BCUT2D eigenvalue weighted by atomic mass is 9.93. The largest absolute Gasteiger partial charge is 0.481 e. The predicted molar refractivity (Wildman–Crippen MR) is 83.4 cm³/mol. The second-order valence-electron chi connectivity index (χ2n) is 4.71. The third kappa shape index (κ3) is 3.11. The number of thiophene rings is 1. The molecular formula is C11H13Br2NO4S2. The van der Waals surface area contributed by atoms with Crippen molar-refractivity contribution in [2.45, 2.75) is 30.7 Å². The average Bonchev–Trinajstić information content (AvgIpc) is 2.68. The molecule has 5 nitrogen and oxygen atoms in total. The highest BCUT2D eigenvalue weighted by atomic mass is 79.9. The van der Waals surface area contributed by atoms with Gasteiger partial charge in [-0.3, -0.25) is 4.79 Å². The molecule has 2 atom stereocenters. The maximum absolute atomic E-state index is 12.6. The lowest BCUT2D eigenvalue weighted by molar-refractivity contribution is -0.143. The minimum absolute atomic E-state index is 0.231. The van der Waals surface area contributed by atoms with Crippen LogP contribution in [0, 0.1) is 5.92 Å². The number of carboxylic acid groups (broad SMARTS) is 1. The molecular weight excluding hydrogens is 434 g/mol. The molecule has 20 heavy (non-hydrogen) atoms. The summed E-state index contributed by atoms with van der Waals surface area (Å²) in [6.45, 7) is 1.99. The van der Waals surface area contributed by atoms with Crippen molar-refractivity contribution < 1.29 is 18.3 Å². The van der Waals surface area contributed by atoms with E-state index in [0.717, 1.165) is 3.79 Å². The van der Waals surface area contributed by atoms with Crippen LogP contribution in [-0.2, 0) is 14.8 Å². The first-order chi connectivity index (χ1) is 9.23. The van der Waals surface area contributed by atoms with Crippen LogP contribution >= 0.6 is 43.2 Å². The molecule has 112 valence electrons. The number of hydrogen-bond acceptors (Lipinski definition) is 4. The lowest BCUT2D eigenvalue weighted by Gasteiger charge is -2.35. The molecule has 0 aliphatic carbocycles. The monoisotopic (exact) mass is 445 g/mol. The summed E-state index contributed by atoms with van der Waals surface area (Å²) in [5, 5.41) is 9.03. The van der Waals surface area contributed by atoms with Crippen molar-refractivity contribution in [2.24, 2.45) is 5.92 Å². The van der Waals surface area contributed by atoms with E-state index in [0.29, 0.717) is 16.6 Å². The van der Waals surface area contributed by atoms with Gasteiger partial charge in [0.1, 0.15) is 4.90 Å². The lowest BCUT2D eigenvalue weighted by Crippen LogP contribution is -2.45. The van der Waals surface area contributed by atoms with Crippen LogP contribution in [0.5, 0.6) is 0 Å². The number of nitrogens with zero attached hydrogens (tertiary/aromatic N) is 1. The molecule has 2 unspecified atom stereocenters. The number of aliphatic carboxylic acids is 1. The van der Waals surface area contributed by atoms with Crippen molar-refractivity contribution in [3.63, 3.8) is 0 Å². The van der Waals surface area contributed by atoms with Crippen LogP contribution in [0.15, 0.2) is 18.5 Å². The summed E-state index contributed by atoms with van der Waals surface area (Å²) in [5.41, 5.74) is 0. The van der Waals surface area contributed by atoms with Crippen molar-refractivity contribution in [2.75, 3.05) is 6.54 Å². The SMILES string of the molecule is CC1CC(C(=O)O)CCN1S(=O)(=O)c1cc(Br)sc1Br. The first-order valence-electron chi connectivity index (χ1n) is 5.93. The van der Waals surface area contributed by atoms with Gasteiger partial charge in [-0.2, -0.15) is 4.31 Å². The predicted octanol–water partition coefficient (Wildman–Crippen LogP) is 3.15. The van der Waals surface area contributed by atoms with E-state index < -0.39 is 21.9 Å². The van der Waals surface area contributed by atoms with Gasteiger partial charge in [0.25, 0.3) is 0 Å². The number of carboxylic acids is 1. The van der Waals surface area contributed by atoms with Crippen molar-refractivity contribution in [3.8, 4) is 0 Å². The molecule has 1 N–H and O–H groups in total. The normalized spacial score (nSPS) is 24.8. The second-order valence-corrected chi connectivity index (χ2v) is 10.3. The molecule has 0 spiro atoms. The van der Waals surface area contributed by atoms with E-state index >= 15 is 0 Å². The Labute approximate surface area is 138 Å². The van der Waals surface area contributed by atoms with Gasteiger partial charge in [0.2, 0.25) is 10.0 Å². The van der Waals surface area contributed by atoms with E-state index in [4.69, 9.17) is 5.11 Å². The summed E-state index contributed by atoms with van der Waals surface area (Å²) in [6.07, 6.45) is 0.694. The van der Waals surface area contributed by atoms with E-state index in [1.807, 2.05) is 0 Å². The Balaban J connectivity index is 2.28. The summed E-state index contributed by atoms with van der Waals surface area (Å²) < 4.78 is 28.0. The molecule has 2 heterocycles. The maximum Gasteiger partial charge on any atom is 0.306 e. The van der Waals surface area contributed by atoms with Gasteiger partial charge in [-0.05, 0) is 57.7 Å². The third-order valence-corrected chi connectivity index (χ3v) is 8.15. The molecule has 1 fully saturated rings. The number of hydrogen-bond donors (Lipinski definition) is 1. The Bertz CT molecular complexity index is 628. The smallest absolute Gasteiger partial charge is 0.306 e. The van der Waals surface area contributed by atoms with E-state index in [2.05, 4.69) is 31.9 Å². The van der Waals surface area contributed by atoms with Gasteiger partial charge < -0.3 is 5.11 Å². The van der Waals surface area contributed by atoms with Crippen molar-refractivity contribution >= 4 is 59.2 Å². The zero-order valence-electron chi connectivity index (χ0n) is 10.5. The Morgan fingerprint density at radius 3 is 2.60 bits per heavy atom. The van der Waals surface area contributed by atoms with Crippen LogP contribution in [0.1, 0.15) is 19.8 Å². The Kier molecular flexibility index (Phi) is 4.95. The van der Waals surface area contributed by atoms with E-state index in [-0.39, 0.29) is 17.5 Å². The number of piperidine rings is 1. The maximum atomic E-state index is 12.6. The molecule has 0 saturated carbocycles. The molecule has 0 radical (unpaired) electrons. The zero-order valence-corrected chi connectivity index (χ0v) is 15.3. The van der Waals surface area contributed by atoms with Gasteiger partial charge >= 0.3 is 5.97 Å². The van der Waals surface area contributed by atoms with E-state index in [1.165, 1.54) is 15.6 Å². The second kappa shape index (κ2) is 6.04. The van der Waals surface area contributed by atoms with Crippen molar-refractivity contribution in [3.05, 3.63) is 13.6 Å². The van der Waals surface area contributed by atoms with Crippen LogP contribution in [-0.4, -0.2) is 36.4 Å². The fourth-order valence-electron chi connectivity index (χ4n) is 2.36. The van der Waals surface area contributed by atoms with Gasteiger partial charge in [0, 0.05) is 12.6 Å². The standard InChI is InChI=1S/C11H13Br2NO4S2/c1-6-4-7(11(15)16)2-3-14(6)20(17,18)8-5-9(12)19-10(8)13/h5-7H,2-4H2,1H3,(H,15,16). The Morgan fingerprint density at radius 1 is 1.50 bits per heavy atom. The first kappa shape index (κ1) is 16.4. The summed E-state index contributed by atoms with van der Waals surface area (Å²) in [7, 11) is -3.60. The molecule has 1 aromatic rings. The van der Waals surface area contributed by atoms with Gasteiger partial charge in [-0.25, -0.2) is 8.42 Å². The first-order valence-corrected chi connectivity index (χ1v) is 9.77. The van der Waals surface area contributed by atoms with E-state index in [1.54, 1.807) is 13.0 Å². The highest BCUT2D eigenvalue weighted by Crippen LogP contribution is 2.38. The molecule has 2 rings (SSSR count). The van der Waals surface area contributed by atoms with Crippen LogP contribution in [0.25, 0.3) is 0 Å². The van der Waals surface area contributed by atoms with Crippen LogP contribution in [0.4, 0.5) is 0 Å². The van der Waals surface area contributed by atoms with Crippen LogP contribution in [0.2, 0.25) is 0 Å². The summed E-state index contributed by atoms with van der Waals surface area (Å²) in [5.74, 6) is -1.32. The summed E-state index contributed by atoms with van der Waals surface area (Å²) in [4.78, 5) is 11.2. The Morgan fingerprint density at radius 2 is 2.15 bits per heavy atom. The molecule has 1 saturated heterocycles. The molecule has 0 bridgehead atoms. The van der Waals surface area contributed by atoms with Crippen LogP contribution in [0.3, 0.4) is 0 Å². The molecule has 1 aliphatic rings. The fraction of sp³-hybridized carbons (Fsp3) is 0.545. The highest BCUT2D eigenvalue weighted by Gasteiger charge is 2.38. The van der Waals surface area contributed by atoms with Gasteiger partial charge in [-0.15, -0.1) is 11.3 Å². The van der Waals surface area contributed by atoms with E-state index in [9.17, 15) is 13.2 Å². The average molecular weight is 447 g/mol. The van der Waals surface area contributed by atoms with Crippen molar-refractivity contribution in [1.29, 1.82) is 0 Å². The number of carbonyl (C=O) groups is 1. The summed E-state index contributed by atoms with van der Waals surface area (Å²) >= 11 is 7.83. The highest BCUT2D eigenvalue weighted by molar-refractivity contribution is 9.12. The molecule has 1 aromatic heterocycles. The number of rotatable bonds is 3. The third-order valence-electron chi connectivity index (χ3n) is 3.38. The topological polar surface area (TPSA) is 74.7 Å². The Hall–Kier alpha value is 0.0400. The summed E-state index contributed by atoms with van der Waals surface area (Å²) in [6, 6.07) is 1.25. The minimum atomic E-state index is -3.60. The van der Waals surface area contributed by atoms with Crippen molar-refractivity contribution in [1.82, 2.24) is 4.31 Å². The number of sulfonamides is 1. The molecule has 0 aromatic carbocycles. The van der Waals surface area contributed by atoms with Gasteiger partial charge in [0.15, 0.2) is 0 Å². The number of halogens is 2. The zero-order chi connectivity index (χ0) is 15.1. The van der Waals surface area contributed by atoms with Crippen LogP contribution < -0.4 is 0 Å². The molecule has 1 aliphatic heterocycles. The fourth-order valence-corrected chi connectivity index (χ4v) is 7.78. The molecule has 0 amide bonds. The quantitative estimate of drug-likeness (QED) is 0.773. The van der Waals surface area contributed by atoms with Gasteiger partial charge in [0.05, 0.1) is 13.5 Å². The minimum Gasteiger partial charge on any atom is -0.481 e.